The molecule has 1 fully saturated rings. The maximum absolute atomic E-state index is 12.6. The fraction of sp³-hybridized carbons (Fsp3) is 0.316. The lowest BCUT2D eigenvalue weighted by Gasteiger charge is -2.17. The molecule has 2 aromatic rings. The van der Waals surface area contributed by atoms with Gasteiger partial charge in [-0.15, -0.1) is 0 Å². The first kappa shape index (κ1) is 17.0. The minimum absolute atomic E-state index is 0.0129. The zero-order chi connectivity index (χ0) is 17.8. The molecule has 0 spiro atoms. The molecule has 6 heteroatoms. The Balaban J connectivity index is 1.72. The molecular formula is C19H21N3O3. The summed E-state index contributed by atoms with van der Waals surface area (Å²) in [6, 6.07) is 9.39. The van der Waals surface area contributed by atoms with Crippen LogP contribution in [0.25, 0.3) is 11.1 Å². The van der Waals surface area contributed by atoms with Crippen molar-refractivity contribution in [1.82, 2.24) is 15.2 Å². The van der Waals surface area contributed by atoms with Gasteiger partial charge in [0.15, 0.2) is 0 Å². The molecule has 1 aliphatic heterocycles. The van der Waals surface area contributed by atoms with E-state index in [1.807, 2.05) is 30.3 Å². The lowest BCUT2D eigenvalue weighted by molar-refractivity contribution is -0.119. The Bertz CT molecular complexity index is 774. The second-order valence-corrected chi connectivity index (χ2v) is 6.09. The van der Waals surface area contributed by atoms with Gasteiger partial charge in [-0.1, -0.05) is 12.1 Å². The highest BCUT2D eigenvalue weighted by Crippen LogP contribution is 2.29. The Kier molecular flexibility index (Phi) is 4.97. The predicted molar refractivity (Wildman–Crippen MR) is 94.4 cm³/mol. The zero-order valence-corrected chi connectivity index (χ0v) is 14.4. The van der Waals surface area contributed by atoms with Gasteiger partial charge in [-0.25, -0.2) is 0 Å². The van der Waals surface area contributed by atoms with Crippen molar-refractivity contribution in [3.05, 3.63) is 48.3 Å². The molecule has 130 valence electrons. The summed E-state index contributed by atoms with van der Waals surface area (Å²) in [5.74, 6) is 0.621. The van der Waals surface area contributed by atoms with Crippen LogP contribution in [0.4, 0.5) is 0 Å². The lowest BCUT2D eigenvalue weighted by Crippen LogP contribution is -2.37. The fourth-order valence-electron chi connectivity index (χ4n) is 3.11. The van der Waals surface area contributed by atoms with Gasteiger partial charge >= 0.3 is 0 Å². The number of pyridine rings is 1. The lowest BCUT2D eigenvalue weighted by atomic mass is 10.0. The average molecular weight is 339 g/mol. The van der Waals surface area contributed by atoms with Crippen LogP contribution in [-0.2, 0) is 4.79 Å². The molecule has 25 heavy (non-hydrogen) atoms. The van der Waals surface area contributed by atoms with E-state index in [0.29, 0.717) is 24.4 Å². The first-order valence-electron chi connectivity index (χ1n) is 8.23. The first-order valence-corrected chi connectivity index (χ1v) is 8.23. The largest absolute Gasteiger partial charge is 0.494 e. The van der Waals surface area contributed by atoms with Crippen LogP contribution < -0.4 is 10.1 Å². The van der Waals surface area contributed by atoms with Gasteiger partial charge in [-0.3, -0.25) is 14.6 Å². The van der Waals surface area contributed by atoms with Crippen LogP contribution in [0.15, 0.2) is 42.7 Å². The Morgan fingerprint density at radius 2 is 2.00 bits per heavy atom. The number of hydrogen-bond acceptors (Lipinski definition) is 4. The van der Waals surface area contributed by atoms with Gasteiger partial charge in [0.1, 0.15) is 5.75 Å². The molecule has 3 rings (SSSR count). The van der Waals surface area contributed by atoms with Crippen molar-refractivity contribution in [2.45, 2.75) is 19.4 Å². The molecule has 1 unspecified atom stereocenters. The monoisotopic (exact) mass is 339 g/mol. The van der Waals surface area contributed by atoms with Crippen LogP contribution in [0, 0.1) is 0 Å². The fourth-order valence-corrected chi connectivity index (χ4v) is 3.11. The van der Waals surface area contributed by atoms with E-state index >= 15 is 0 Å². The molecule has 0 saturated carbocycles. The van der Waals surface area contributed by atoms with Crippen LogP contribution in [-0.4, -0.2) is 47.9 Å². The molecular weight excluding hydrogens is 318 g/mol. The highest BCUT2D eigenvalue weighted by molar-refractivity contribution is 5.95. The number of hydrogen-bond donors (Lipinski definition) is 1. The highest BCUT2D eigenvalue weighted by Gasteiger charge is 2.27. The number of carbonyl (C=O) groups is 2. The Hall–Kier alpha value is -2.89. The predicted octanol–water partition coefficient (Wildman–Crippen LogP) is 2.11. The van der Waals surface area contributed by atoms with Crippen molar-refractivity contribution >= 4 is 11.8 Å². The molecule has 1 aliphatic rings. The quantitative estimate of drug-likeness (QED) is 0.926. The van der Waals surface area contributed by atoms with Gasteiger partial charge in [0.05, 0.1) is 13.3 Å². The summed E-state index contributed by atoms with van der Waals surface area (Å²) in [6.45, 7) is 2.71. The van der Waals surface area contributed by atoms with Crippen molar-refractivity contribution < 1.29 is 14.3 Å². The van der Waals surface area contributed by atoms with Crippen molar-refractivity contribution in [2.75, 3.05) is 20.2 Å². The number of ether oxygens (including phenoxy) is 1. The highest BCUT2D eigenvalue weighted by atomic mass is 16.5. The van der Waals surface area contributed by atoms with Crippen molar-refractivity contribution in [1.29, 1.82) is 0 Å². The van der Waals surface area contributed by atoms with Gasteiger partial charge in [0.25, 0.3) is 5.91 Å². The average Bonchev–Trinajstić information content (AvgIpc) is 3.09. The number of benzene rings is 1. The van der Waals surface area contributed by atoms with Crippen molar-refractivity contribution in [3.63, 3.8) is 0 Å². The van der Waals surface area contributed by atoms with E-state index in [1.165, 1.54) is 6.92 Å². The van der Waals surface area contributed by atoms with E-state index in [4.69, 9.17) is 4.74 Å². The number of amides is 2. The minimum atomic E-state index is -0.0602. The Morgan fingerprint density at radius 1 is 1.24 bits per heavy atom. The summed E-state index contributed by atoms with van der Waals surface area (Å²) >= 11 is 0. The number of aromatic nitrogens is 1. The molecule has 0 radical (unpaired) electrons. The SMILES string of the molecule is COc1cnccc1-c1ccc(C(=O)N2CCC(NC(C)=O)C2)cc1. The first-order chi connectivity index (χ1) is 12.1. The van der Waals surface area contributed by atoms with Crippen molar-refractivity contribution in [2.24, 2.45) is 0 Å². The molecule has 1 saturated heterocycles. The number of methoxy groups -OCH3 is 1. The van der Waals surface area contributed by atoms with E-state index in [9.17, 15) is 9.59 Å². The molecule has 6 nitrogen and oxygen atoms in total. The van der Waals surface area contributed by atoms with E-state index in [-0.39, 0.29) is 17.9 Å². The third-order valence-electron chi connectivity index (χ3n) is 4.33. The van der Waals surface area contributed by atoms with Crippen LogP contribution >= 0.6 is 0 Å². The normalized spacial score (nSPS) is 16.6. The molecule has 1 aromatic heterocycles. The third-order valence-corrected chi connectivity index (χ3v) is 4.33. The number of nitrogens with zero attached hydrogens (tertiary/aromatic N) is 2. The molecule has 1 atom stereocenters. The second kappa shape index (κ2) is 7.34. The van der Waals surface area contributed by atoms with E-state index in [1.54, 1.807) is 24.4 Å². The molecule has 2 amide bonds. The third kappa shape index (κ3) is 3.79. The van der Waals surface area contributed by atoms with Crippen LogP contribution in [0.5, 0.6) is 5.75 Å². The zero-order valence-electron chi connectivity index (χ0n) is 14.4. The molecule has 1 N–H and O–H groups in total. The topological polar surface area (TPSA) is 71.5 Å². The summed E-state index contributed by atoms with van der Waals surface area (Å²) in [5, 5.41) is 2.87. The van der Waals surface area contributed by atoms with Crippen LogP contribution in [0.3, 0.4) is 0 Å². The van der Waals surface area contributed by atoms with Gasteiger partial charge in [-0.05, 0) is 30.2 Å². The van der Waals surface area contributed by atoms with E-state index < -0.39 is 0 Å². The van der Waals surface area contributed by atoms with E-state index in [0.717, 1.165) is 17.5 Å². The van der Waals surface area contributed by atoms with Crippen LogP contribution in [0.1, 0.15) is 23.7 Å². The summed E-state index contributed by atoms with van der Waals surface area (Å²) in [4.78, 5) is 29.6. The minimum Gasteiger partial charge on any atom is -0.494 e. The summed E-state index contributed by atoms with van der Waals surface area (Å²) in [5.41, 5.74) is 2.54. The molecule has 0 aliphatic carbocycles. The number of nitrogens with one attached hydrogen (secondary N) is 1. The second-order valence-electron chi connectivity index (χ2n) is 6.09. The van der Waals surface area contributed by atoms with Crippen molar-refractivity contribution in [3.8, 4) is 16.9 Å². The standard InChI is InChI=1S/C19H21N3O3/c1-13(23)21-16-8-10-22(12-16)19(24)15-5-3-14(4-6-15)17-7-9-20-11-18(17)25-2/h3-7,9,11,16H,8,10,12H2,1-2H3,(H,21,23). The van der Waals surface area contributed by atoms with Gasteiger partial charge in [-0.2, -0.15) is 0 Å². The molecule has 1 aromatic carbocycles. The van der Waals surface area contributed by atoms with Crippen LogP contribution in [0.2, 0.25) is 0 Å². The summed E-state index contributed by atoms with van der Waals surface area (Å²) in [6.07, 6.45) is 4.17. The maximum Gasteiger partial charge on any atom is 0.253 e. The van der Waals surface area contributed by atoms with Gasteiger partial charge in [0.2, 0.25) is 5.91 Å². The molecule has 2 heterocycles. The smallest absolute Gasteiger partial charge is 0.253 e. The Labute approximate surface area is 146 Å². The van der Waals surface area contributed by atoms with Gasteiger partial charge < -0.3 is 15.0 Å². The number of likely N-dealkylation sites (tertiary alicyclic amines) is 1. The summed E-state index contributed by atoms with van der Waals surface area (Å²) in [7, 11) is 1.61. The Morgan fingerprint density at radius 3 is 2.68 bits per heavy atom. The van der Waals surface area contributed by atoms with E-state index in [2.05, 4.69) is 10.3 Å². The maximum atomic E-state index is 12.6. The molecule has 0 bridgehead atoms. The number of carbonyl (C=O) groups excluding carboxylic acids is 2. The number of rotatable bonds is 4. The van der Waals surface area contributed by atoms with Gasteiger partial charge in [0, 0.05) is 43.4 Å². The summed E-state index contributed by atoms with van der Waals surface area (Å²) < 4.78 is 5.33.